The van der Waals surface area contributed by atoms with Gasteiger partial charge in [-0.05, 0) is 27.2 Å². The molecule has 0 radical (unpaired) electrons. The molecule has 0 aliphatic carbocycles. The Hall–Kier alpha value is -1.36. The molecule has 1 aromatic heterocycles. The second-order valence-electron chi connectivity index (χ2n) is 4.19. The van der Waals surface area contributed by atoms with E-state index in [1.54, 1.807) is 6.07 Å². The van der Waals surface area contributed by atoms with Gasteiger partial charge in [0.15, 0.2) is 0 Å². The number of hydrogen-bond acceptors (Lipinski definition) is 5. The summed E-state index contributed by atoms with van der Waals surface area (Å²) in [5, 5.41) is 3.34. The summed E-state index contributed by atoms with van der Waals surface area (Å²) in [6, 6.07) is 1.80. The molecule has 0 aliphatic heterocycles. The molecule has 0 spiro atoms. The van der Waals surface area contributed by atoms with E-state index in [9.17, 15) is 0 Å². The van der Waals surface area contributed by atoms with E-state index in [0.29, 0.717) is 11.6 Å². The summed E-state index contributed by atoms with van der Waals surface area (Å²) < 4.78 is 0. The van der Waals surface area contributed by atoms with Crippen LogP contribution in [0.4, 0.5) is 11.6 Å². The summed E-state index contributed by atoms with van der Waals surface area (Å²) in [6.45, 7) is 8.22. The zero-order valence-electron chi connectivity index (χ0n) is 9.76. The monoisotopic (exact) mass is 209 g/mol. The van der Waals surface area contributed by atoms with E-state index in [-0.39, 0.29) is 5.54 Å². The lowest BCUT2D eigenvalue weighted by atomic mass is 10.0. The molecule has 0 fully saturated rings. The van der Waals surface area contributed by atoms with Crippen LogP contribution >= 0.6 is 0 Å². The number of anilines is 2. The zero-order chi connectivity index (χ0) is 11.5. The topological polar surface area (TPSA) is 75.9 Å². The van der Waals surface area contributed by atoms with Gasteiger partial charge in [0.25, 0.3) is 0 Å². The van der Waals surface area contributed by atoms with E-state index in [1.165, 1.54) is 0 Å². The van der Waals surface area contributed by atoms with Crippen molar-refractivity contribution in [2.45, 2.75) is 39.7 Å². The van der Waals surface area contributed by atoms with Gasteiger partial charge in [-0.25, -0.2) is 15.8 Å². The van der Waals surface area contributed by atoms with Crippen LogP contribution in [0.2, 0.25) is 0 Å². The summed E-state index contributed by atoms with van der Waals surface area (Å²) in [4.78, 5) is 8.42. The Morgan fingerprint density at radius 2 is 1.93 bits per heavy atom. The SMILES string of the molecule is CCC(C)(C)Nc1cc(NN)nc(C)n1. The summed E-state index contributed by atoms with van der Waals surface area (Å²) in [5.74, 6) is 7.43. The Labute approximate surface area is 90.5 Å². The van der Waals surface area contributed by atoms with E-state index in [2.05, 4.69) is 41.5 Å². The summed E-state index contributed by atoms with van der Waals surface area (Å²) in [7, 11) is 0. The molecule has 1 rings (SSSR count). The smallest absolute Gasteiger partial charge is 0.145 e. The average Bonchev–Trinajstić information content (AvgIpc) is 2.16. The molecule has 84 valence electrons. The Bertz CT molecular complexity index is 335. The van der Waals surface area contributed by atoms with Crippen LogP contribution in [0.3, 0.4) is 0 Å². The van der Waals surface area contributed by atoms with Gasteiger partial charge in [0.1, 0.15) is 17.5 Å². The summed E-state index contributed by atoms with van der Waals surface area (Å²) in [5.41, 5.74) is 2.54. The van der Waals surface area contributed by atoms with E-state index < -0.39 is 0 Å². The number of nitrogen functional groups attached to an aromatic ring is 1. The van der Waals surface area contributed by atoms with Crippen LogP contribution in [0.15, 0.2) is 6.07 Å². The highest BCUT2D eigenvalue weighted by Gasteiger charge is 2.15. The number of aryl methyl sites for hydroxylation is 1. The van der Waals surface area contributed by atoms with Gasteiger partial charge in [-0.3, -0.25) is 0 Å². The first kappa shape index (κ1) is 11.7. The number of nitrogens with zero attached hydrogens (tertiary/aromatic N) is 2. The number of aromatic nitrogens is 2. The quantitative estimate of drug-likeness (QED) is 0.519. The lowest BCUT2D eigenvalue weighted by Crippen LogP contribution is -2.30. The minimum absolute atomic E-state index is 0.0205. The van der Waals surface area contributed by atoms with Crippen LogP contribution in [0.1, 0.15) is 33.0 Å². The van der Waals surface area contributed by atoms with Crippen LogP contribution in [0.25, 0.3) is 0 Å². The molecule has 0 amide bonds. The minimum atomic E-state index is 0.0205. The first-order valence-electron chi connectivity index (χ1n) is 5.07. The second kappa shape index (κ2) is 4.44. The molecule has 1 heterocycles. The van der Waals surface area contributed by atoms with Gasteiger partial charge < -0.3 is 10.7 Å². The molecule has 15 heavy (non-hydrogen) atoms. The van der Waals surface area contributed by atoms with E-state index in [0.717, 1.165) is 12.2 Å². The van der Waals surface area contributed by atoms with Gasteiger partial charge >= 0.3 is 0 Å². The van der Waals surface area contributed by atoms with Crippen LogP contribution < -0.4 is 16.6 Å². The number of rotatable bonds is 4. The summed E-state index contributed by atoms with van der Waals surface area (Å²) >= 11 is 0. The fourth-order valence-electron chi connectivity index (χ4n) is 1.14. The number of nitrogens with one attached hydrogen (secondary N) is 2. The molecule has 0 aromatic carbocycles. The van der Waals surface area contributed by atoms with Gasteiger partial charge in [0.2, 0.25) is 0 Å². The van der Waals surface area contributed by atoms with Crippen LogP contribution in [-0.4, -0.2) is 15.5 Å². The predicted molar refractivity (Wildman–Crippen MR) is 62.6 cm³/mol. The lowest BCUT2D eigenvalue weighted by Gasteiger charge is -2.25. The van der Waals surface area contributed by atoms with Crippen molar-refractivity contribution in [2.24, 2.45) is 5.84 Å². The third-order valence-corrected chi connectivity index (χ3v) is 2.34. The summed E-state index contributed by atoms with van der Waals surface area (Å²) in [6.07, 6.45) is 1.02. The fourth-order valence-corrected chi connectivity index (χ4v) is 1.14. The first-order chi connectivity index (χ1) is 6.96. The minimum Gasteiger partial charge on any atom is -0.365 e. The van der Waals surface area contributed by atoms with Crippen molar-refractivity contribution in [1.82, 2.24) is 9.97 Å². The highest BCUT2D eigenvalue weighted by Crippen LogP contribution is 2.17. The molecular formula is C10H19N5. The highest BCUT2D eigenvalue weighted by atomic mass is 15.3. The Kier molecular flexibility index (Phi) is 3.47. The van der Waals surface area contributed by atoms with E-state index in [4.69, 9.17) is 5.84 Å². The van der Waals surface area contributed by atoms with Crippen molar-refractivity contribution in [3.63, 3.8) is 0 Å². The zero-order valence-corrected chi connectivity index (χ0v) is 9.76. The van der Waals surface area contributed by atoms with E-state index in [1.807, 2.05) is 6.92 Å². The molecule has 0 atom stereocenters. The molecule has 0 unspecified atom stereocenters. The van der Waals surface area contributed by atoms with Crippen molar-refractivity contribution in [1.29, 1.82) is 0 Å². The molecule has 4 N–H and O–H groups in total. The van der Waals surface area contributed by atoms with Crippen molar-refractivity contribution in [2.75, 3.05) is 10.7 Å². The highest BCUT2D eigenvalue weighted by molar-refractivity contribution is 5.47. The standard InChI is InChI=1S/C10H19N5/c1-5-10(3,4)14-8-6-9(15-11)13-7(2)12-8/h6H,5,11H2,1-4H3,(H2,12,13,14,15). The third-order valence-electron chi connectivity index (χ3n) is 2.34. The molecule has 0 aliphatic rings. The van der Waals surface area contributed by atoms with Crippen molar-refractivity contribution in [3.8, 4) is 0 Å². The predicted octanol–water partition coefficient (Wildman–Crippen LogP) is 1.67. The van der Waals surface area contributed by atoms with Crippen LogP contribution in [0.5, 0.6) is 0 Å². The molecule has 1 aromatic rings. The molecule has 5 nitrogen and oxygen atoms in total. The normalized spacial score (nSPS) is 11.3. The average molecular weight is 209 g/mol. The maximum Gasteiger partial charge on any atom is 0.145 e. The van der Waals surface area contributed by atoms with Gasteiger partial charge in [-0.1, -0.05) is 6.92 Å². The largest absolute Gasteiger partial charge is 0.365 e. The molecule has 0 saturated heterocycles. The van der Waals surface area contributed by atoms with Crippen molar-refractivity contribution < 1.29 is 0 Å². The lowest BCUT2D eigenvalue weighted by molar-refractivity contribution is 0.544. The number of hydrazine groups is 1. The molecular weight excluding hydrogens is 190 g/mol. The van der Waals surface area contributed by atoms with Gasteiger partial charge in [-0.15, -0.1) is 0 Å². The Morgan fingerprint density at radius 3 is 2.47 bits per heavy atom. The van der Waals surface area contributed by atoms with Crippen LogP contribution in [-0.2, 0) is 0 Å². The Balaban J connectivity index is 2.90. The van der Waals surface area contributed by atoms with E-state index >= 15 is 0 Å². The maximum absolute atomic E-state index is 5.32. The van der Waals surface area contributed by atoms with Crippen molar-refractivity contribution >= 4 is 11.6 Å². The van der Waals surface area contributed by atoms with Gasteiger partial charge in [0, 0.05) is 11.6 Å². The first-order valence-corrected chi connectivity index (χ1v) is 5.07. The van der Waals surface area contributed by atoms with Gasteiger partial charge in [-0.2, -0.15) is 0 Å². The third kappa shape index (κ3) is 3.36. The second-order valence-corrected chi connectivity index (χ2v) is 4.19. The molecule has 0 bridgehead atoms. The Morgan fingerprint density at radius 1 is 1.33 bits per heavy atom. The fraction of sp³-hybridized carbons (Fsp3) is 0.600. The number of nitrogens with two attached hydrogens (primary N) is 1. The maximum atomic E-state index is 5.32. The van der Waals surface area contributed by atoms with Crippen molar-refractivity contribution in [3.05, 3.63) is 11.9 Å². The van der Waals surface area contributed by atoms with Crippen LogP contribution in [0, 0.1) is 6.92 Å². The van der Waals surface area contributed by atoms with Gasteiger partial charge in [0.05, 0.1) is 0 Å². The molecule has 0 saturated carbocycles. The number of hydrogen-bond donors (Lipinski definition) is 3. The molecule has 5 heteroatoms.